The first-order chi connectivity index (χ1) is 8.28. The molecular weight excluding hydrogens is 302 g/mol. The maximum atomic E-state index is 10.8. The normalized spacial score (nSPS) is 11.4. The van der Waals surface area contributed by atoms with Gasteiger partial charge in [0.1, 0.15) is 12.0 Å². The Labute approximate surface area is 114 Å². The van der Waals surface area contributed by atoms with Gasteiger partial charge >= 0.3 is 0 Å². The number of aromatic nitrogens is 1. The highest BCUT2D eigenvalue weighted by molar-refractivity contribution is 9.10. The van der Waals surface area contributed by atoms with Crippen molar-refractivity contribution < 1.29 is 9.66 Å². The molecular formula is C11H16BrN3O3. The van der Waals surface area contributed by atoms with Crippen molar-refractivity contribution in [1.29, 1.82) is 0 Å². The first kappa shape index (κ1) is 14.8. The molecule has 0 saturated carbocycles. The zero-order valence-corrected chi connectivity index (χ0v) is 12.4. The second-order valence-corrected chi connectivity index (χ2v) is 5.42. The fourth-order valence-corrected chi connectivity index (χ4v) is 1.96. The fourth-order valence-electron chi connectivity index (χ4n) is 1.56. The van der Waals surface area contributed by atoms with Crippen LogP contribution in [0.15, 0.2) is 10.7 Å². The largest absolute Gasteiger partial charge is 0.382 e. The monoisotopic (exact) mass is 317 g/mol. The second-order valence-electron chi connectivity index (χ2n) is 4.63. The van der Waals surface area contributed by atoms with E-state index in [4.69, 9.17) is 4.74 Å². The first-order valence-electron chi connectivity index (χ1n) is 5.35. The quantitative estimate of drug-likeness (QED) is 0.667. The molecule has 0 aliphatic rings. The minimum Gasteiger partial charge on any atom is -0.382 e. The molecule has 0 aliphatic heterocycles. The van der Waals surface area contributed by atoms with Crippen LogP contribution in [0.1, 0.15) is 19.4 Å². The molecule has 1 aromatic rings. The highest BCUT2D eigenvalue weighted by atomic mass is 79.9. The van der Waals surface area contributed by atoms with Gasteiger partial charge in [0, 0.05) is 12.7 Å². The molecule has 1 rings (SSSR count). The van der Waals surface area contributed by atoms with Gasteiger partial charge in [0.25, 0.3) is 5.69 Å². The minimum atomic E-state index is -0.447. The first-order valence-corrected chi connectivity index (χ1v) is 6.14. The Kier molecular flexibility index (Phi) is 4.64. The number of nitro groups is 1. The molecule has 0 aromatic carbocycles. The third-order valence-electron chi connectivity index (χ3n) is 2.40. The molecule has 0 amide bonds. The molecule has 7 heteroatoms. The summed E-state index contributed by atoms with van der Waals surface area (Å²) >= 11 is 3.33. The van der Waals surface area contributed by atoms with E-state index in [2.05, 4.69) is 26.2 Å². The van der Waals surface area contributed by atoms with Crippen LogP contribution in [0.2, 0.25) is 0 Å². The highest BCUT2D eigenvalue weighted by Gasteiger charge is 2.22. The van der Waals surface area contributed by atoms with Crippen LogP contribution in [0.4, 0.5) is 11.5 Å². The van der Waals surface area contributed by atoms with Crippen LogP contribution in [0.25, 0.3) is 0 Å². The molecule has 1 N–H and O–H groups in total. The lowest BCUT2D eigenvalue weighted by Crippen LogP contribution is -2.36. The van der Waals surface area contributed by atoms with E-state index in [1.807, 2.05) is 13.8 Å². The molecule has 100 valence electrons. The van der Waals surface area contributed by atoms with Crippen molar-refractivity contribution in [2.24, 2.45) is 0 Å². The van der Waals surface area contributed by atoms with Crippen molar-refractivity contribution in [1.82, 2.24) is 4.98 Å². The van der Waals surface area contributed by atoms with Crippen molar-refractivity contribution in [2.45, 2.75) is 26.3 Å². The van der Waals surface area contributed by atoms with Crippen LogP contribution >= 0.6 is 15.9 Å². The maximum Gasteiger partial charge on any atom is 0.291 e. The number of halogens is 1. The van der Waals surface area contributed by atoms with Gasteiger partial charge in [0.15, 0.2) is 0 Å². The summed E-state index contributed by atoms with van der Waals surface area (Å²) in [5, 5.41) is 14.0. The summed E-state index contributed by atoms with van der Waals surface area (Å²) in [4.78, 5) is 14.4. The van der Waals surface area contributed by atoms with Crippen LogP contribution in [0.3, 0.4) is 0 Å². The van der Waals surface area contributed by atoms with Gasteiger partial charge in [-0.1, -0.05) is 0 Å². The zero-order valence-electron chi connectivity index (χ0n) is 10.8. The smallest absolute Gasteiger partial charge is 0.291 e. The lowest BCUT2D eigenvalue weighted by molar-refractivity contribution is -0.385. The summed E-state index contributed by atoms with van der Waals surface area (Å²) in [6.07, 6.45) is 1.26. The topological polar surface area (TPSA) is 77.3 Å². The van der Waals surface area contributed by atoms with Crippen LogP contribution in [-0.2, 0) is 4.74 Å². The number of hydrogen-bond acceptors (Lipinski definition) is 5. The lowest BCUT2D eigenvalue weighted by atomic mass is 10.1. The third-order valence-corrected chi connectivity index (χ3v) is 3.37. The second kappa shape index (κ2) is 5.62. The molecule has 6 nitrogen and oxygen atoms in total. The lowest BCUT2D eigenvalue weighted by Gasteiger charge is -2.26. The Bertz CT molecular complexity index is 463. The molecule has 0 aliphatic carbocycles. The highest BCUT2D eigenvalue weighted by Crippen LogP contribution is 2.31. The zero-order chi connectivity index (χ0) is 13.9. The molecule has 0 spiro atoms. The number of methoxy groups -OCH3 is 1. The molecule has 1 heterocycles. The maximum absolute atomic E-state index is 10.8. The molecule has 0 saturated heterocycles. The van der Waals surface area contributed by atoms with Gasteiger partial charge in [-0.25, -0.2) is 4.98 Å². The summed E-state index contributed by atoms with van der Waals surface area (Å²) in [5.41, 5.74) is 0.232. The van der Waals surface area contributed by atoms with E-state index >= 15 is 0 Å². The van der Waals surface area contributed by atoms with Gasteiger partial charge in [-0.05, 0) is 36.7 Å². The van der Waals surface area contributed by atoms with Crippen molar-refractivity contribution in [2.75, 3.05) is 19.0 Å². The summed E-state index contributed by atoms with van der Waals surface area (Å²) in [6.45, 7) is 6.10. The predicted molar refractivity (Wildman–Crippen MR) is 72.9 cm³/mol. The summed E-state index contributed by atoms with van der Waals surface area (Å²) in [5.74, 6) is 0.570. The van der Waals surface area contributed by atoms with Crippen LogP contribution in [-0.4, -0.2) is 29.2 Å². The molecule has 18 heavy (non-hydrogen) atoms. The van der Waals surface area contributed by atoms with E-state index in [-0.39, 0.29) is 11.2 Å². The summed E-state index contributed by atoms with van der Waals surface area (Å²) in [7, 11) is 1.62. The number of hydrogen-bond donors (Lipinski definition) is 1. The number of rotatable bonds is 5. The average Bonchev–Trinajstić information content (AvgIpc) is 2.24. The van der Waals surface area contributed by atoms with Crippen molar-refractivity contribution in [3.8, 4) is 0 Å². The van der Waals surface area contributed by atoms with E-state index in [0.29, 0.717) is 22.5 Å². The summed E-state index contributed by atoms with van der Waals surface area (Å²) in [6, 6.07) is 0. The Morgan fingerprint density at radius 1 is 1.61 bits per heavy atom. The Morgan fingerprint density at radius 3 is 2.72 bits per heavy atom. The third kappa shape index (κ3) is 3.39. The predicted octanol–water partition coefficient (Wildman–Crippen LogP) is 2.90. The van der Waals surface area contributed by atoms with E-state index in [0.717, 1.165) is 0 Å². The Balaban J connectivity index is 3.06. The van der Waals surface area contributed by atoms with Crippen molar-refractivity contribution in [3.05, 3.63) is 26.3 Å². The van der Waals surface area contributed by atoms with E-state index in [9.17, 15) is 10.1 Å². The van der Waals surface area contributed by atoms with Gasteiger partial charge in [-0.2, -0.15) is 0 Å². The number of nitrogens with one attached hydrogen (secondary N) is 1. The molecule has 0 fully saturated rings. The summed E-state index contributed by atoms with van der Waals surface area (Å²) < 4.78 is 5.70. The Morgan fingerprint density at radius 2 is 2.22 bits per heavy atom. The minimum absolute atomic E-state index is 0.00280. The van der Waals surface area contributed by atoms with Gasteiger partial charge in [-0.15, -0.1) is 0 Å². The molecule has 0 radical (unpaired) electrons. The van der Waals surface area contributed by atoms with Crippen molar-refractivity contribution >= 4 is 27.4 Å². The van der Waals surface area contributed by atoms with Gasteiger partial charge in [0.05, 0.1) is 21.5 Å². The van der Waals surface area contributed by atoms with Crippen LogP contribution in [0.5, 0.6) is 0 Å². The van der Waals surface area contributed by atoms with Crippen molar-refractivity contribution in [3.63, 3.8) is 0 Å². The van der Waals surface area contributed by atoms with Gasteiger partial charge in [0.2, 0.25) is 0 Å². The molecule has 1 aromatic heterocycles. The number of pyridine rings is 1. The average molecular weight is 318 g/mol. The van der Waals surface area contributed by atoms with E-state index < -0.39 is 4.92 Å². The Hall–Kier alpha value is -1.21. The number of nitrogens with zero attached hydrogens (tertiary/aromatic N) is 2. The number of ether oxygens (including phenoxy) is 1. The molecule has 0 atom stereocenters. The van der Waals surface area contributed by atoms with E-state index in [1.165, 1.54) is 6.20 Å². The molecule has 0 unspecified atom stereocenters. The van der Waals surface area contributed by atoms with Gasteiger partial charge < -0.3 is 10.1 Å². The molecule has 0 bridgehead atoms. The standard InChI is InChI=1S/C11H16BrN3O3/c1-7-8(15(16)17)5-13-10(9(7)12)14-11(2,3)6-18-4/h5H,6H2,1-4H3,(H,13,14). The van der Waals surface area contributed by atoms with Crippen LogP contribution in [0, 0.1) is 17.0 Å². The van der Waals surface area contributed by atoms with Crippen LogP contribution < -0.4 is 5.32 Å². The van der Waals surface area contributed by atoms with Gasteiger partial charge in [-0.3, -0.25) is 10.1 Å². The number of anilines is 1. The fraction of sp³-hybridized carbons (Fsp3) is 0.545. The van der Waals surface area contributed by atoms with E-state index in [1.54, 1.807) is 14.0 Å². The SMILES string of the molecule is COCC(C)(C)Nc1ncc([N+](=O)[O-])c(C)c1Br.